The second-order valence-corrected chi connectivity index (χ2v) is 17.7. The zero-order valence-electron chi connectivity index (χ0n) is 30.4. The molecular weight excluding hydrogens is 597 g/mol. The number of hydrogen-bond donors (Lipinski definition) is 0. The van der Waals surface area contributed by atoms with Gasteiger partial charge in [0.1, 0.15) is 23.0 Å². The van der Waals surface area contributed by atoms with Crippen molar-refractivity contribution >= 4 is 40.2 Å². The van der Waals surface area contributed by atoms with E-state index in [2.05, 4.69) is 158 Å². The summed E-state index contributed by atoms with van der Waals surface area (Å²) in [6, 6.07) is 34.0. The summed E-state index contributed by atoms with van der Waals surface area (Å²) in [5, 5.41) is 0. The van der Waals surface area contributed by atoms with Gasteiger partial charge < -0.3 is 14.4 Å². The van der Waals surface area contributed by atoms with E-state index in [-0.39, 0.29) is 28.4 Å². The van der Waals surface area contributed by atoms with E-state index in [4.69, 9.17) is 9.47 Å². The number of hydrogen-bond acceptors (Lipinski definition) is 3. The molecule has 3 aliphatic heterocycles. The molecule has 4 heteroatoms. The van der Waals surface area contributed by atoms with Gasteiger partial charge in [0.15, 0.2) is 0 Å². The lowest BCUT2D eigenvalue weighted by Crippen LogP contribution is -2.58. The molecule has 0 unspecified atom stereocenters. The number of anilines is 3. The Hall–Kier alpha value is -4.44. The molecule has 0 saturated heterocycles. The minimum Gasteiger partial charge on any atom is -0.458 e. The highest BCUT2D eigenvalue weighted by Gasteiger charge is 2.45. The van der Waals surface area contributed by atoms with Gasteiger partial charge in [-0.25, -0.2) is 0 Å². The first-order chi connectivity index (χ1) is 23.1. The summed E-state index contributed by atoms with van der Waals surface area (Å²) in [5.41, 5.74) is 13.9. The first-order valence-corrected chi connectivity index (χ1v) is 18.0. The molecule has 5 aromatic carbocycles. The number of fused-ring (bicyclic) bond motifs is 7. The van der Waals surface area contributed by atoms with Crippen LogP contribution in [0, 0.1) is 0 Å². The van der Waals surface area contributed by atoms with Gasteiger partial charge in [0.05, 0.1) is 11.4 Å². The van der Waals surface area contributed by atoms with Gasteiger partial charge in [0, 0.05) is 22.6 Å². The number of para-hydroxylation sites is 2. The smallest absolute Gasteiger partial charge is 0.260 e. The number of ether oxygens (including phenoxy) is 2. The minimum absolute atomic E-state index is 0.0200. The van der Waals surface area contributed by atoms with Crippen molar-refractivity contribution in [3.8, 4) is 23.0 Å². The topological polar surface area (TPSA) is 21.7 Å². The first kappa shape index (κ1) is 30.6. The highest BCUT2D eigenvalue weighted by atomic mass is 16.5. The van der Waals surface area contributed by atoms with E-state index in [1.54, 1.807) is 0 Å². The van der Waals surface area contributed by atoms with E-state index in [0.29, 0.717) is 0 Å². The molecular formula is C45H46BNO2. The maximum absolute atomic E-state index is 7.00. The molecule has 0 spiro atoms. The van der Waals surface area contributed by atoms with Crippen molar-refractivity contribution in [2.24, 2.45) is 0 Å². The fourth-order valence-electron chi connectivity index (χ4n) is 9.06. The second kappa shape index (κ2) is 9.84. The van der Waals surface area contributed by atoms with Crippen molar-refractivity contribution < 1.29 is 9.47 Å². The van der Waals surface area contributed by atoms with Crippen LogP contribution >= 0.6 is 0 Å². The zero-order valence-corrected chi connectivity index (χ0v) is 30.4. The monoisotopic (exact) mass is 643 g/mol. The molecule has 9 rings (SSSR count). The number of rotatable bonds is 1. The van der Waals surface area contributed by atoms with Gasteiger partial charge >= 0.3 is 0 Å². The molecule has 0 aromatic heterocycles. The molecule has 0 amide bonds. The molecule has 0 N–H and O–H groups in total. The van der Waals surface area contributed by atoms with Gasteiger partial charge in [-0.15, -0.1) is 0 Å². The van der Waals surface area contributed by atoms with Crippen molar-refractivity contribution in [1.82, 2.24) is 0 Å². The van der Waals surface area contributed by atoms with E-state index < -0.39 is 0 Å². The second-order valence-electron chi connectivity index (χ2n) is 17.7. The Morgan fingerprint density at radius 1 is 0.571 bits per heavy atom. The van der Waals surface area contributed by atoms with Crippen LogP contribution in [0.2, 0.25) is 0 Å². The van der Waals surface area contributed by atoms with E-state index in [0.717, 1.165) is 34.1 Å². The van der Waals surface area contributed by atoms with Gasteiger partial charge in [-0.2, -0.15) is 0 Å². The van der Waals surface area contributed by atoms with Gasteiger partial charge in [-0.05, 0) is 104 Å². The van der Waals surface area contributed by atoms with Crippen LogP contribution < -0.4 is 30.8 Å². The van der Waals surface area contributed by atoms with Crippen molar-refractivity contribution in [3.63, 3.8) is 0 Å². The van der Waals surface area contributed by atoms with Crippen LogP contribution in [-0.4, -0.2) is 6.71 Å². The molecule has 3 heterocycles. The summed E-state index contributed by atoms with van der Waals surface area (Å²) in [7, 11) is 0. The largest absolute Gasteiger partial charge is 0.458 e. The Balaban J connectivity index is 1.27. The molecule has 4 aliphatic rings. The van der Waals surface area contributed by atoms with Gasteiger partial charge in [0.2, 0.25) is 0 Å². The van der Waals surface area contributed by atoms with Gasteiger partial charge in [-0.1, -0.05) is 111 Å². The molecule has 0 bridgehead atoms. The lowest BCUT2D eigenvalue weighted by Gasteiger charge is -2.44. The van der Waals surface area contributed by atoms with E-state index in [1.165, 1.54) is 63.0 Å². The van der Waals surface area contributed by atoms with E-state index >= 15 is 0 Å². The Bertz CT molecular complexity index is 2170. The number of benzene rings is 5. The lowest BCUT2D eigenvalue weighted by atomic mass is 9.34. The summed E-state index contributed by atoms with van der Waals surface area (Å²) in [6.07, 6.45) is 2.34. The normalized spacial score (nSPS) is 18.5. The van der Waals surface area contributed by atoms with Crippen LogP contribution in [0.4, 0.5) is 17.1 Å². The van der Waals surface area contributed by atoms with Crippen molar-refractivity contribution in [1.29, 1.82) is 0 Å². The third-order valence-electron chi connectivity index (χ3n) is 12.2. The van der Waals surface area contributed by atoms with Crippen LogP contribution in [-0.2, 0) is 21.7 Å². The molecule has 246 valence electrons. The quantitative estimate of drug-likeness (QED) is 0.166. The van der Waals surface area contributed by atoms with Crippen LogP contribution in [0.15, 0.2) is 91.0 Å². The molecule has 0 saturated carbocycles. The Morgan fingerprint density at radius 3 is 1.67 bits per heavy atom. The van der Waals surface area contributed by atoms with E-state index in [9.17, 15) is 0 Å². The summed E-state index contributed by atoms with van der Waals surface area (Å²) < 4.78 is 13.9. The molecule has 0 fully saturated rings. The maximum atomic E-state index is 7.00. The van der Waals surface area contributed by atoms with Crippen LogP contribution in [0.3, 0.4) is 0 Å². The predicted molar refractivity (Wildman–Crippen MR) is 205 cm³/mol. The summed E-state index contributed by atoms with van der Waals surface area (Å²) in [6.45, 7) is 21.1. The van der Waals surface area contributed by atoms with Crippen molar-refractivity contribution in [3.05, 3.63) is 119 Å². The highest BCUT2D eigenvalue weighted by Crippen LogP contribution is 2.53. The van der Waals surface area contributed by atoms with E-state index in [1.807, 2.05) is 0 Å². The Labute approximate surface area is 292 Å². The Kier molecular flexibility index (Phi) is 6.15. The predicted octanol–water partition coefficient (Wildman–Crippen LogP) is 10.2. The fourth-order valence-corrected chi connectivity index (χ4v) is 9.06. The highest BCUT2D eigenvalue weighted by molar-refractivity contribution is 6.98. The zero-order chi connectivity index (χ0) is 34.2. The van der Waals surface area contributed by atoms with Crippen molar-refractivity contribution in [2.45, 2.75) is 96.8 Å². The van der Waals surface area contributed by atoms with Crippen LogP contribution in [0.25, 0.3) is 0 Å². The average Bonchev–Trinajstić information content (AvgIpc) is 3.06. The maximum Gasteiger partial charge on any atom is 0.260 e. The molecule has 0 radical (unpaired) electrons. The summed E-state index contributed by atoms with van der Waals surface area (Å²) >= 11 is 0. The standard InChI is InChI=1S/C45H46BNO2/c1-42(2,3)27-22-39-41-40(23-27)49-38-26-32-31(43(4,5)20-21-44(32,6)7)25-34(38)46(41)33-19-18-28(24-37(33)48-39)47-35-16-12-10-14-29(35)45(8,9)30-15-11-13-17-36(30)47/h10-19,22-26H,20-21H2,1-9H3. The average molecular weight is 644 g/mol. The number of nitrogens with zero attached hydrogens (tertiary/aromatic N) is 1. The fraction of sp³-hybridized carbons (Fsp3) is 0.333. The van der Waals surface area contributed by atoms with Crippen molar-refractivity contribution in [2.75, 3.05) is 4.90 Å². The van der Waals surface area contributed by atoms with Gasteiger partial charge in [-0.3, -0.25) is 0 Å². The summed E-state index contributed by atoms with van der Waals surface area (Å²) in [4.78, 5) is 2.42. The third-order valence-corrected chi connectivity index (χ3v) is 12.2. The lowest BCUT2D eigenvalue weighted by molar-refractivity contribution is 0.330. The molecule has 3 nitrogen and oxygen atoms in total. The minimum atomic E-state index is -0.111. The molecule has 5 aromatic rings. The van der Waals surface area contributed by atoms with Crippen LogP contribution in [0.5, 0.6) is 23.0 Å². The first-order valence-electron chi connectivity index (χ1n) is 18.0. The molecule has 0 atom stereocenters. The SMILES string of the molecule is CC(C)(C)c1cc2c3c(c1)Oc1cc4c(cc1B3c1ccc(N3c5ccccc5C(C)(C)c5ccccc53)cc1O2)C(C)(C)CCC4(C)C. The molecule has 1 aliphatic carbocycles. The Morgan fingerprint density at radius 2 is 1.10 bits per heavy atom. The molecule has 49 heavy (non-hydrogen) atoms. The summed E-state index contributed by atoms with van der Waals surface area (Å²) in [5.74, 6) is 3.72. The third kappa shape index (κ3) is 4.35. The van der Waals surface area contributed by atoms with Gasteiger partial charge in [0.25, 0.3) is 6.71 Å². The van der Waals surface area contributed by atoms with Crippen LogP contribution in [0.1, 0.15) is 103 Å².